The Morgan fingerprint density at radius 1 is 0.800 bits per heavy atom. The Balaban J connectivity index is 1.44. The first-order chi connectivity index (χ1) is 14.8. The molecule has 2 aromatic rings. The van der Waals surface area contributed by atoms with Gasteiger partial charge in [0.1, 0.15) is 11.5 Å². The molecule has 0 fully saturated rings. The Morgan fingerprint density at radius 3 is 2.37 bits per heavy atom. The molecule has 4 nitrogen and oxygen atoms in total. The second kappa shape index (κ2) is 12.4. The van der Waals surface area contributed by atoms with Crippen molar-refractivity contribution in [3.63, 3.8) is 0 Å². The lowest BCUT2D eigenvalue weighted by Gasteiger charge is -2.17. The molecule has 0 atom stereocenters. The summed E-state index contributed by atoms with van der Waals surface area (Å²) in [6, 6.07) is 16.5. The lowest BCUT2D eigenvalue weighted by atomic mass is 10.1. The summed E-state index contributed by atoms with van der Waals surface area (Å²) >= 11 is 1.67. The maximum absolute atomic E-state index is 5.89. The fraction of sp³-hybridized carbons (Fsp3) is 0.440. The maximum atomic E-state index is 5.89. The third-order valence-corrected chi connectivity index (χ3v) is 5.98. The molecule has 1 aliphatic rings. The molecule has 0 unspecified atom stereocenters. The van der Waals surface area contributed by atoms with Gasteiger partial charge in [0.25, 0.3) is 0 Å². The zero-order chi connectivity index (χ0) is 21.0. The SMILES string of the molecule is CCCCCCCCOc1ccc(N2NC=C(c3cccc(OCCC)c3)S2)cc1. The molecule has 3 rings (SSSR count). The Labute approximate surface area is 185 Å². The summed E-state index contributed by atoms with van der Waals surface area (Å²) in [6.07, 6.45) is 10.7. The van der Waals surface area contributed by atoms with E-state index in [0.717, 1.165) is 48.8 Å². The van der Waals surface area contributed by atoms with Crippen molar-refractivity contribution in [3.8, 4) is 11.5 Å². The molecule has 1 N–H and O–H groups in total. The second-order valence-corrected chi connectivity index (χ2v) is 8.50. The van der Waals surface area contributed by atoms with Crippen LogP contribution in [0.2, 0.25) is 0 Å². The highest BCUT2D eigenvalue weighted by Crippen LogP contribution is 2.38. The van der Waals surface area contributed by atoms with Crippen LogP contribution in [0.4, 0.5) is 5.69 Å². The first-order valence-electron chi connectivity index (χ1n) is 11.2. The summed E-state index contributed by atoms with van der Waals surface area (Å²) in [5.41, 5.74) is 5.58. The molecular formula is C25H34N2O2S. The van der Waals surface area contributed by atoms with Crippen LogP contribution in [0, 0.1) is 0 Å². The van der Waals surface area contributed by atoms with Gasteiger partial charge in [-0.1, -0.05) is 58.1 Å². The molecule has 2 aromatic carbocycles. The van der Waals surface area contributed by atoms with Crippen LogP contribution >= 0.6 is 11.9 Å². The molecule has 30 heavy (non-hydrogen) atoms. The van der Waals surface area contributed by atoms with Crippen LogP contribution in [0.25, 0.3) is 4.91 Å². The molecule has 5 heteroatoms. The standard InChI is InChI=1S/C25H34N2O2S/c1-3-5-6-7-8-9-18-29-23-15-13-22(14-16-23)27-26-20-25(30-27)21-11-10-12-24(19-21)28-17-4-2/h10-16,19-20,26H,3-9,17-18H2,1-2H3. The van der Waals surface area contributed by atoms with Gasteiger partial charge in [-0.3, -0.25) is 5.43 Å². The summed E-state index contributed by atoms with van der Waals surface area (Å²) in [7, 11) is 0. The van der Waals surface area contributed by atoms with Gasteiger partial charge < -0.3 is 9.47 Å². The Kier molecular flexibility index (Phi) is 9.29. The molecular weight excluding hydrogens is 392 g/mol. The highest BCUT2D eigenvalue weighted by molar-refractivity contribution is 8.09. The molecule has 1 heterocycles. The van der Waals surface area contributed by atoms with Gasteiger partial charge in [-0.25, -0.2) is 4.41 Å². The van der Waals surface area contributed by atoms with Gasteiger partial charge in [0.05, 0.1) is 23.8 Å². The lowest BCUT2D eigenvalue weighted by Crippen LogP contribution is -2.22. The molecule has 0 spiro atoms. The van der Waals surface area contributed by atoms with E-state index in [1.807, 2.05) is 30.5 Å². The van der Waals surface area contributed by atoms with Crippen LogP contribution in [-0.4, -0.2) is 13.2 Å². The van der Waals surface area contributed by atoms with Crippen molar-refractivity contribution < 1.29 is 9.47 Å². The molecule has 0 amide bonds. The fourth-order valence-electron chi connectivity index (χ4n) is 3.24. The number of hydrogen-bond donors (Lipinski definition) is 1. The van der Waals surface area contributed by atoms with Gasteiger partial charge in [-0.05, 0) is 54.8 Å². The van der Waals surface area contributed by atoms with Gasteiger partial charge in [0, 0.05) is 18.1 Å². The van der Waals surface area contributed by atoms with Crippen molar-refractivity contribution in [1.82, 2.24) is 5.43 Å². The van der Waals surface area contributed by atoms with Crippen molar-refractivity contribution in [2.75, 3.05) is 17.6 Å². The van der Waals surface area contributed by atoms with E-state index in [1.54, 1.807) is 11.9 Å². The van der Waals surface area contributed by atoms with Crippen LogP contribution in [0.5, 0.6) is 11.5 Å². The van der Waals surface area contributed by atoms with E-state index < -0.39 is 0 Å². The van der Waals surface area contributed by atoms with E-state index in [-0.39, 0.29) is 0 Å². The fourth-order valence-corrected chi connectivity index (χ4v) is 4.11. The molecule has 0 saturated heterocycles. The van der Waals surface area contributed by atoms with E-state index in [0.29, 0.717) is 0 Å². The number of nitrogens with zero attached hydrogens (tertiary/aromatic N) is 1. The second-order valence-electron chi connectivity index (χ2n) is 7.51. The zero-order valence-corrected chi connectivity index (χ0v) is 19.0. The Morgan fingerprint density at radius 2 is 1.57 bits per heavy atom. The summed E-state index contributed by atoms with van der Waals surface area (Å²) < 4.78 is 13.7. The molecule has 0 bridgehead atoms. The molecule has 0 aliphatic carbocycles. The van der Waals surface area contributed by atoms with Crippen molar-refractivity contribution in [2.45, 2.75) is 58.8 Å². The van der Waals surface area contributed by atoms with E-state index in [2.05, 4.69) is 48.0 Å². The van der Waals surface area contributed by atoms with Crippen LogP contribution in [0.15, 0.2) is 54.7 Å². The number of hydrogen-bond acceptors (Lipinski definition) is 5. The zero-order valence-electron chi connectivity index (χ0n) is 18.2. The molecule has 0 saturated carbocycles. The summed E-state index contributed by atoms with van der Waals surface area (Å²) in [4.78, 5) is 1.17. The number of rotatable bonds is 13. The van der Waals surface area contributed by atoms with Crippen LogP contribution in [-0.2, 0) is 0 Å². The summed E-state index contributed by atoms with van der Waals surface area (Å²) in [5.74, 6) is 1.85. The third kappa shape index (κ3) is 6.91. The quantitative estimate of drug-likeness (QED) is 0.271. The Bertz CT molecular complexity index is 792. The number of anilines is 1. The number of unbranched alkanes of at least 4 members (excludes halogenated alkanes) is 5. The predicted molar refractivity (Wildman–Crippen MR) is 129 cm³/mol. The number of hydrazine groups is 1. The first-order valence-corrected chi connectivity index (χ1v) is 12.0. The average molecular weight is 427 g/mol. The normalized spacial score (nSPS) is 13.1. The average Bonchev–Trinajstić information content (AvgIpc) is 3.28. The van der Waals surface area contributed by atoms with E-state index >= 15 is 0 Å². The molecule has 0 aromatic heterocycles. The van der Waals surface area contributed by atoms with Gasteiger partial charge in [0.15, 0.2) is 0 Å². The van der Waals surface area contributed by atoms with E-state index in [4.69, 9.17) is 9.47 Å². The van der Waals surface area contributed by atoms with Crippen molar-refractivity contribution in [3.05, 3.63) is 60.3 Å². The number of ether oxygens (including phenoxy) is 2. The Hall–Kier alpha value is -2.27. The minimum Gasteiger partial charge on any atom is -0.494 e. The largest absolute Gasteiger partial charge is 0.494 e. The van der Waals surface area contributed by atoms with E-state index in [9.17, 15) is 0 Å². The van der Waals surface area contributed by atoms with Crippen LogP contribution < -0.4 is 19.3 Å². The van der Waals surface area contributed by atoms with Gasteiger partial charge in [-0.2, -0.15) is 0 Å². The topological polar surface area (TPSA) is 33.7 Å². The molecule has 0 radical (unpaired) electrons. The predicted octanol–water partition coefficient (Wildman–Crippen LogP) is 7.19. The lowest BCUT2D eigenvalue weighted by molar-refractivity contribution is 0.304. The number of nitrogens with one attached hydrogen (secondary N) is 1. The van der Waals surface area contributed by atoms with Crippen LogP contribution in [0.3, 0.4) is 0 Å². The van der Waals surface area contributed by atoms with Gasteiger partial charge in [-0.15, -0.1) is 0 Å². The van der Waals surface area contributed by atoms with Gasteiger partial charge in [0.2, 0.25) is 0 Å². The van der Waals surface area contributed by atoms with E-state index in [1.165, 1.54) is 37.0 Å². The number of benzene rings is 2. The van der Waals surface area contributed by atoms with Crippen molar-refractivity contribution >= 4 is 22.5 Å². The summed E-state index contributed by atoms with van der Waals surface area (Å²) in [6.45, 7) is 5.91. The maximum Gasteiger partial charge on any atom is 0.119 e. The smallest absolute Gasteiger partial charge is 0.119 e. The van der Waals surface area contributed by atoms with Gasteiger partial charge >= 0.3 is 0 Å². The van der Waals surface area contributed by atoms with Crippen LogP contribution in [0.1, 0.15) is 64.4 Å². The third-order valence-electron chi connectivity index (χ3n) is 4.93. The monoisotopic (exact) mass is 426 g/mol. The minimum atomic E-state index is 0.743. The molecule has 162 valence electrons. The summed E-state index contributed by atoms with van der Waals surface area (Å²) in [5, 5.41) is 0. The first kappa shape index (κ1) is 22.4. The highest BCUT2D eigenvalue weighted by atomic mass is 32.2. The molecule has 1 aliphatic heterocycles. The highest BCUT2D eigenvalue weighted by Gasteiger charge is 2.18. The van der Waals surface area contributed by atoms with Crippen molar-refractivity contribution in [2.24, 2.45) is 0 Å². The van der Waals surface area contributed by atoms with Crippen molar-refractivity contribution in [1.29, 1.82) is 0 Å². The minimum absolute atomic E-state index is 0.743.